The highest BCUT2D eigenvalue weighted by atomic mass is 32.1. The van der Waals surface area contributed by atoms with Gasteiger partial charge >= 0.3 is 5.97 Å². The predicted molar refractivity (Wildman–Crippen MR) is 102 cm³/mol. The Morgan fingerprint density at radius 1 is 1.12 bits per heavy atom. The minimum Gasteiger partial charge on any atom is -0.478 e. The number of anilines is 1. The van der Waals surface area contributed by atoms with Gasteiger partial charge in [0.2, 0.25) is 0 Å². The summed E-state index contributed by atoms with van der Waals surface area (Å²) in [4.78, 5) is 29.6. The Labute approximate surface area is 155 Å². The number of carboxylic acids is 1. The fourth-order valence-corrected chi connectivity index (χ4v) is 3.71. The smallest absolute Gasteiger partial charge is 0.337 e. The molecular weight excluding hydrogens is 350 g/mol. The lowest BCUT2D eigenvalue weighted by molar-refractivity contribution is 0.0696. The number of aromatic carboxylic acids is 1. The molecule has 0 unspecified atom stereocenters. The van der Waals surface area contributed by atoms with Crippen LogP contribution >= 0.6 is 11.3 Å². The maximum atomic E-state index is 12.8. The summed E-state index contributed by atoms with van der Waals surface area (Å²) in [5.74, 6) is -1.27. The van der Waals surface area contributed by atoms with Crippen molar-refractivity contribution in [2.45, 2.75) is 27.7 Å². The van der Waals surface area contributed by atoms with Gasteiger partial charge in [-0.25, -0.2) is 9.78 Å². The number of carboxylic acid groups (broad SMARTS) is 1. The van der Waals surface area contributed by atoms with Crippen LogP contribution in [0.4, 0.5) is 5.13 Å². The van der Waals surface area contributed by atoms with Crippen molar-refractivity contribution in [3.8, 4) is 5.69 Å². The number of hydrogen-bond donors (Lipinski definition) is 2. The predicted octanol–water partition coefficient (Wildman–Crippen LogP) is 4.12. The second-order valence-corrected chi connectivity index (χ2v) is 7.26. The molecule has 0 radical (unpaired) electrons. The first-order valence-corrected chi connectivity index (χ1v) is 8.88. The van der Waals surface area contributed by atoms with Gasteiger partial charge in [-0.3, -0.25) is 10.1 Å². The molecule has 134 valence electrons. The molecule has 2 heterocycles. The SMILES string of the molecule is Cc1nc(NC(=O)c2ccccc2-n2c(C)cc(C(=O)O)c2C)sc1C. The number of aromatic nitrogens is 2. The summed E-state index contributed by atoms with van der Waals surface area (Å²) in [7, 11) is 0. The van der Waals surface area contributed by atoms with Gasteiger partial charge in [0, 0.05) is 16.3 Å². The lowest BCUT2D eigenvalue weighted by Crippen LogP contribution is -2.16. The second kappa shape index (κ2) is 6.76. The Kier molecular flexibility index (Phi) is 4.65. The van der Waals surface area contributed by atoms with E-state index in [0.29, 0.717) is 22.1 Å². The van der Waals surface area contributed by atoms with Gasteiger partial charge < -0.3 is 9.67 Å². The molecule has 0 aliphatic heterocycles. The Balaban J connectivity index is 2.04. The van der Waals surface area contributed by atoms with Crippen molar-refractivity contribution in [1.29, 1.82) is 0 Å². The second-order valence-electron chi connectivity index (χ2n) is 6.06. The Bertz CT molecular complexity index is 998. The minimum absolute atomic E-state index is 0.226. The van der Waals surface area contributed by atoms with Crippen LogP contribution in [0.25, 0.3) is 5.69 Å². The summed E-state index contributed by atoms with van der Waals surface area (Å²) >= 11 is 1.43. The van der Waals surface area contributed by atoms with E-state index in [1.54, 1.807) is 35.8 Å². The molecule has 0 aliphatic carbocycles. The van der Waals surface area contributed by atoms with Gasteiger partial charge in [-0.05, 0) is 45.9 Å². The molecule has 2 N–H and O–H groups in total. The van der Waals surface area contributed by atoms with Crippen LogP contribution in [0.2, 0.25) is 0 Å². The maximum absolute atomic E-state index is 12.8. The van der Waals surface area contributed by atoms with Crippen LogP contribution in [0, 0.1) is 27.7 Å². The summed E-state index contributed by atoms with van der Waals surface area (Å²) < 4.78 is 1.79. The van der Waals surface area contributed by atoms with E-state index in [9.17, 15) is 14.7 Å². The van der Waals surface area contributed by atoms with Crippen molar-refractivity contribution in [1.82, 2.24) is 9.55 Å². The standard InChI is InChI=1S/C19H19N3O3S/c1-10-9-15(18(24)25)12(3)22(10)16-8-6-5-7-14(16)17(23)21-19-20-11(2)13(4)26-19/h5-9H,1-4H3,(H,24,25)(H,20,21,23). The highest BCUT2D eigenvalue weighted by Gasteiger charge is 2.20. The molecular formula is C19H19N3O3S. The van der Waals surface area contributed by atoms with Crippen LogP contribution in [-0.4, -0.2) is 26.5 Å². The van der Waals surface area contributed by atoms with Gasteiger partial charge in [0.15, 0.2) is 5.13 Å². The molecule has 6 nitrogen and oxygen atoms in total. The highest BCUT2D eigenvalue weighted by molar-refractivity contribution is 7.15. The first kappa shape index (κ1) is 17.9. The fraction of sp³-hybridized carbons (Fsp3) is 0.211. The van der Waals surface area contributed by atoms with Crippen LogP contribution in [0.3, 0.4) is 0 Å². The largest absolute Gasteiger partial charge is 0.478 e. The number of aryl methyl sites for hydroxylation is 3. The van der Waals surface area contributed by atoms with E-state index in [2.05, 4.69) is 10.3 Å². The average molecular weight is 369 g/mol. The zero-order valence-electron chi connectivity index (χ0n) is 15.0. The first-order valence-electron chi connectivity index (χ1n) is 8.06. The molecule has 0 aliphatic rings. The third-order valence-corrected chi connectivity index (χ3v) is 5.29. The molecule has 1 aromatic carbocycles. The Morgan fingerprint density at radius 3 is 2.38 bits per heavy atom. The number of hydrogen-bond acceptors (Lipinski definition) is 4. The monoisotopic (exact) mass is 369 g/mol. The summed E-state index contributed by atoms with van der Waals surface area (Å²) in [6, 6.07) is 8.74. The highest BCUT2D eigenvalue weighted by Crippen LogP contribution is 2.26. The summed E-state index contributed by atoms with van der Waals surface area (Å²) in [5.41, 5.74) is 3.54. The van der Waals surface area contributed by atoms with Crippen LogP contribution in [0.5, 0.6) is 0 Å². The lowest BCUT2D eigenvalue weighted by Gasteiger charge is -2.14. The Hall–Kier alpha value is -2.93. The van der Waals surface area contributed by atoms with Crippen molar-refractivity contribution >= 4 is 28.3 Å². The van der Waals surface area contributed by atoms with Gasteiger partial charge in [-0.1, -0.05) is 12.1 Å². The van der Waals surface area contributed by atoms with Gasteiger partial charge in [0.1, 0.15) is 0 Å². The number of benzene rings is 1. The summed E-state index contributed by atoms with van der Waals surface area (Å²) in [6.45, 7) is 7.41. The molecule has 7 heteroatoms. The number of thiazole rings is 1. The minimum atomic E-state index is -0.986. The molecule has 2 aromatic heterocycles. The summed E-state index contributed by atoms with van der Waals surface area (Å²) in [6.07, 6.45) is 0. The zero-order valence-corrected chi connectivity index (χ0v) is 15.8. The van der Waals surface area contributed by atoms with Crippen LogP contribution in [0.15, 0.2) is 30.3 Å². The third-order valence-electron chi connectivity index (χ3n) is 4.30. The fourth-order valence-electron chi connectivity index (χ4n) is 2.90. The normalized spacial score (nSPS) is 10.8. The van der Waals surface area contributed by atoms with Crippen LogP contribution < -0.4 is 5.32 Å². The molecule has 0 fully saturated rings. The quantitative estimate of drug-likeness (QED) is 0.724. The van der Waals surface area contributed by atoms with Crippen molar-refractivity contribution in [3.63, 3.8) is 0 Å². The third kappa shape index (κ3) is 3.13. The average Bonchev–Trinajstić information content (AvgIpc) is 3.06. The lowest BCUT2D eigenvalue weighted by atomic mass is 10.1. The number of rotatable bonds is 4. The van der Waals surface area contributed by atoms with Crippen molar-refractivity contribution in [2.24, 2.45) is 0 Å². The molecule has 0 saturated carbocycles. The van der Waals surface area contributed by atoms with E-state index < -0.39 is 5.97 Å². The van der Waals surface area contributed by atoms with E-state index in [-0.39, 0.29) is 11.5 Å². The van der Waals surface area contributed by atoms with E-state index >= 15 is 0 Å². The molecule has 1 amide bonds. The van der Waals surface area contributed by atoms with Crippen molar-refractivity contribution < 1.29 is 14.7 Å². The topological polar surface area (TPSA) is 84.2 Å². The van der Waals surface area contributed by atoms with Gasteiger partial charge in [0.25, 0.3) is 5.91 Å². The zero-order chi connectivity index (χ0) is 19.0. The van der Waals surface area contributed by atoms with E-state index in [0.717, 1.165) is 16.3 Å². The number of nitrogens with zero attached hydrogens (tertiary/aromatic N) is 2. The van der Waals surface area contributed by atoms with Crippen molar-refractivity contribution in [3.05, 3.63) is 63.4 Å². The molecule has 3 aromatic rings. The molecule has 0 spiro atoms. The van der Waals surface area contributed by atoms with Gasteiger partial charge in [-0.2, -0.15) is 0 Å². The van der Waals surface area contributed by atoms with Gasteiger partial charge in [-0.15, -0.1) is 11.3 Å². The molecule has 3 rings (SSSR count). The van der Waals surface area contributed by atoms with Crippen molar-refractivity contribution in [2.75, 3.05) is 5.32 Å². The Morgan fingerprint density at radius 2 is 1.81 bits per heavy atom. The molecule has 0 saturated heterocycles. The van der Waals surface area contributed by atoms with Crippen LogP contribution in [0.1, 0.15) is 42.7 Å². The number of carbonyl (C=O) groups is 2. The molecule has 0 bridgehead atoms. The van der Waals surface area contributed by atoms with Gasteiger partial charge in [0.05, 0.1) is 22.5 Å². The molecule has 26 heavy (non-hydrogen) atoms. The number of nitrogens with one attached hydrogen (secondary N) is 1. The first-order chi connectivity index (χ1) is 12.3. The maximum Gasteiger partial charge on any atom is 0.337 e. The summed E-state index contributed by atoms with van der Waals surface area (Å²) in [5, 5.41) is 12.7. The number of amides is 1. The van der Waals surface area contributed by atoms with E-state index in [4.69, 9.17) is 0 Å². The van der Waals surface area contributed by atoms with Crippen LogP contribution in [-0.2, 0) is 0 Å². The number of para-hydroxylation sites is 1. The van der Waals surface area contributed by atoms with E-state index in [1.807, 2.05) is 26.8 Å². The molecule has 0 atom stereocenters. The van der Waals surface area contributed by atoms with E-state index in [1.165, 1.54) is 11.3 Å². The number of carbonyl (C=O) groups excluding carboxylic acids is 1.